The van der Waals surface area contributed by atoms with Gasteiger partial charge >= 0.3 is 0 Å². The lowest BCUT2D eigenvalue weighted by Crippen LogP contribution is -2.32. The van der Waals surface area contributed by atoms with Crippen molar-refractivity contribution in [3.63, 3.8) is 0 Å². The Morgan fingerprint density at radius 2 is 1.23 bits per heavy atom. The van der Waals surface area contributed by atoms with Crippen molar-refractivity contribution in [2.24, 2.45) is 5.41 Å². The topological polar surface area (TPSA) is 38.7 Å². The monoisotopic (exact) mass is 316 g/mol. The lowest BCUT2D eigenvalue weighted by atomic mass is 9.80. The Kier molecular flexibility index (Phi) is 9.84. The third-order valence-corrected chi connectivity index (χ3v) is 4.82. The SMILES string of the molecule is CCCC(C)(CC)CCOC(C)(C)CCOC(C)(C)CCO. The van der Waals surface area contributed by atoms with Crippen LogP contribution in [0.5, 0.6) is 0 Å². The van der Waals surface area contributed by atoms with Crippen LogP contribution in [0.2, 0.25) is 0 Å². The van der Waals surface area contributed by atoms with Crippen molar-refractivity contribution < 1.29 is 14.6 Å². The highest BCUT2D eigenvalue weighted by Gasteiger charge is 2.25. The fraction of sp³-hybridized carbons (Fsp3) is 1.00. The van der Waals surface area contributed by atoms with Gasteiger partial charge in [0.05, 0.1) is 17.8 Å². The zero-order valence-electron chi connectivity index (χ0n) is 16.1. The first-order chi connectivity index (χ1) is 10.1. The molecule has 0 aliphatic carbocycles. The van der Waals surface area contributed by atoms with E-state index in [9.17, 15) is 0 Å². The molecule has 0 amide bonds. The van der Waals surface area contributed by atoms with Gasteiger partial charge < -0.3 is 14.6 Å². The third kappa shape index (κ3) is 9.81. The summed E-state index contributed by atoms with van der Waals surface area (Å²) in [7, 11) is 0. The number of hydrogen-bond donors (Lipinski definition) is 1. The molecule has 1 N–H and O–H groups in total. The Bertz CT molecular complexity index is 286. The summed E-state index contributed by atoms with van der Waals surface area (Å²) < 4.78 is 12.0. The summed E-state index contributed by atoms with van der Waals surface area (Å²) in [6.07, 6.45) is 6.38. The molecular weight excluding hydrogens is 276 g/mol. The molecule has 0 fully saturated rings. The zero-order chi connectivity index (χ0) is 17.3. The van der Waals surface area contributed by atoms with Crippen LogP contribution in [-0.2, 0) is 9.47 Å². The quantitative estimate of drug-likeness (QED) is 0.522. The van der Waals surface area contributed by atoms with E-state index in [4.69, 9.17) is 14.6 Å². The second-order valence-corrected chi connectivity index (χ2v) is 8.10. The number of hydrogen-bond acceptors (Lipinski definition) is 3. The zero-order valence-corrected chi connectivity index (χ0v) is 16.1. The van der Waals surface area contributed by atoms with Gasteiger partial charge in [-0.3, -0.25) is 0 Å². The van der Waals surface area contributed by atoms with Crippen LogP contribution in [-0.4, -0.2) is 36.1 Å². The largest absolute Gasteiger partial charge is 0.396 e. The molecule has 0 aromatic carbocycles. The lowest BCUT2D eigenvalue weighted by Gasteiger charge is -2.32. The average Bonchev–Trinajstić information content (AvgIpc) is 2.38. The molecule has 0 bridgehead atoms. The highest BCUT2D eigenvalue weighted by molar-refractivity contribution is 4.75. The van der Waals surface area contributed by atoms with E-state index in [0.29, 0.717) is 18.4 Å². The van der Waals surface area contributed by atoms with Gasteiger partial charge in [-0.15, -0.1) is 0 Å². The van der Waals surface area contributed by atoms with Gasteiger partial charge in [-0.05, 0) is 58.8 Å². The van der Waals surface area contributed by atoms with Crippen molar-refractivity contribution in [2.75, 3.05) is 19.8 Å². The van der Waals surface area contributed by atoms with Crippen LogP contribution in [0.15, 0.2) is 0 Å². The fourth-order valence-electron chi connectivity index (χ4n) is 2.64. The predicted octanol–water partition coefficient (Wildman–Crippen LogP) is 4.96. The molecule has 3 heteroatoms. The Morgan fingerprint density at radius 3 is 1.68 bits per heavy atom. The van der Waals surface area contributed by atoms with Crippen molar-refractivity contribution in [3.8, 4) is 0 Å². The minimum atomic E-state index is -0.257. The second-order valence-electron chi connectivity index (χ2n) is 8.10. The summed E-state index contributed by atoms with van der Waals surface area (Å²) in [5.41, 5.74) is -0.00660. The number of rotatable bonds is 13. The average molecular weight is 317 g/mol. The Hall–Kier alpha value is -0.120. The van der Waals surface area contributed by atoms with Crippen LogP contribution >= 0.6 is 0 Å². The number of ether oxygens (including phenoxy) is 2. The Labute approximate surface area is 138 Å². The fourth-order valence-corrected chi connectivity index (χ4v) is 2.64. The first kappa shape index (κ1) is 21.9. The molecular formula is C19H40O3. The van der Waals surface area contributed by atoms with Crippen LogP contribution in [0.25, 0.3) is 0 Å². The normalized spacial score (nSPS) is 15.8. The van der Waals surface area contributed by atoms with E-state index in [-0.39, 0.29) is 17.8 Å². The molecule has 0 saturated heterocycles. The van der Waals surface area contributed by atoms with Crippen LogP contribution in [0.4, 0.5) is 0 Å². The molecule has 0 aliphatic heterocycles. The molecule has 1 unspecified atom stereocenters. The summed E-state index contributed by atoms with van der Waals surface area (Å²) in [6, 6.07) is 0. The minimum Gasteiger partial charge on any atom is -0.396 e. The molecule has 0 radical (unpaired) electrons. The molecule has 0 heterocycles. The second kappa shape index (κ2) is 9.89. The molecule has 0 rings (SSSR count). The van der Waals surface area contributed by atoms with E-state index >= 15 is 0 Å². The highest BCUT2D eigenvalue weighted by Crippen LogP contribution is 2.32. The summed E-state index contributed by atoms with van der Waals surface area (Å²) in [4.78, 5) is 0. The number of aliphatic hydroxyl groups is 1. The van der Waals surface area contributed by atoms with Crippen molar-refractivity contribution in [3.05, 3.63) is 0 Å². The molecule has 0 aliphatic rings. The van der Waals surface area contributed by atoms with Gasteiger partial charge in [-0.1, -0.05) is 33.6 Å². The van der Waals surface area contributed by atoms with Crippen LogP contribution in [0.3, 0.4) is 0 Å². The molecule has 134 valence electrons. The van der Waals surface area contributed by atoms with Gasteiger partial charge in [0.25, 0.3) is 0 Å². The van der Waals surface area contributed by atoms with Gasteiger partial charge in [0, 0.05) is 13.2 Å². The minimum absolute atomic E-state index is 0.157. The number of aliphatic hydroxyl groups excluding tert-OH is 1. The molecule has 1 atom stereocenters. The maximum atomic E-state index is 9.02. The predicted molar refractivity (Wildman–Crippen MR) is 94.3 cm³/mol. The van der Waals surface area contributed by atoms with Gasteiger partial charge in [-0.25, -0.2) is 0 Å². The van der Waals surface area contributed by atoms with Crippen LogP contribution < -0.4 is 0 Å². The van der Waals surface area contributed by atoms with Crippen molar-refractivity contribution in [2.45, 2.75) is 98.2 Å². The van der Waals surface area contributed by atoms with Gasteiger partial charge in [-0.2, -0.15) is 0 Å². The molecule has 0 aromatic heterocycles. The van der Waals surface area contributed by atoms with Gasteiger partial charge in [0.1, 0.15) is 0 Å². The maximum absolute atomic E-state index is 9.02. The highest BCUT2D eigenvalue weighted by atomic mass is 16.5. The Morgan fingerprint density at radius 1 is 0.727 bits per heavy atom. The molecule has 3 nitrogen and oxygen atoms in total. The first-order valence-corrected chi connectivity index (χ1v) is 8.98. The van der Waals surface area contributed by atoms with E-state index in [1.54, 1.807) is 0 Å². The molecule has 22 heavy (non-hydrogen) atoms. The van der Waals surface area contributed by atoms with E-state index < -0.39 is 0 Å². The van der Waals surface area contributed by atoms with Crippen molar-refractivity contribution >= 4 is 0 Å². The van der Waals surface area contributed by atoms with E-state index in [1.807, 2.05) is 13.8 Å². The molecule has 0 spiro atoms. The Balaban J connectivity index is 4.09. The third-order valence-electron chi connectivity index (χ3n) is 4.82. The molecule has 0 saturated carbocycles. The summed E-state index contributed by atoms with van der Waals surface area (Å²) >= 11 is 0. The van der Waals surface area contributed by atoms with E-state index in [2.05, 4.69) is 34.6 Å². The van der Waals surface area contributed by atoms with E-state index in [1.165, 1.54) is 19.3 Å². The van der Waals surface area contributed by atoms with Crippen molar-refractivity contribution in [1.29, 1.82) is 0 Å². The van der Waals surface area contributed by atoms with Crippen LogP contribution in [0.1, 0.15) is 87.0 Å². The summed E-state index contributed by atoms with van der Waals surface area (Å²) in [5.74, 6) is 0. The molecule has 0 aromatic rings. The summed E-state index contributed by atoms with van der Waals surface area (Å²) in [6.45, 7) is 16.9. The smallest absolute Gasteiger partial charge is 0.0648 e. The van der Waals surface area contributed by atoms with Crippen molar-refractivity contribution in [1.82, 2.24) is 0 Å². The first-order valence-electron chi connectivity index (χ1n) is 8.98. The van der Waals surface area contributed by atoms with Gasteiger partial charge in [0.2, 0.25) is 0 Å². The maximum Gasteiger partial charge on any atom is 0.0648 e. The van der Waals surface area contributed by atoms with Crippen LogP contribution in [0, 0.1) is 5.41 Å². The standard InChI is InChI=1S/C19H40O3/c1-8-10-19(7,9-2)13-16-22-18(5,6)12-15-21-17(3,4)11-14-20/h20H,8-16H2,1-7H3. The lowest BCUT2D eigenvalue weighted by molar-refractivity contribution is -0.0820. The summed E-state index contributed by atoms with van der Waals surface area (Å²) in [5, 5.41) is 9.02. The van der Waals surface area contributed by atoms with Gasteiger partial charge in [0.15, 0.2) is 0 Å². The van der Waals surface area contributed by atoms with E-state index in [0.717, 1.165) is 19.4 Å².